The zero-order valence-electron chi connectivity index (χ0n) is 11.4. The molecular weight excluding hydrogens is 218 g/mol. The van der Waals surface area contributed by atoms with E-state index < -0.39 is 5.54 Å². The van der Waals surface area contributed by atoms with E-state index in [1.54, 1.807) is 7.11 Å². The molecule has 0 aromatic rings. The van der Waals surface area contributed by atoms with E-state index in [0.29, 0.717) is 6.61 Å². The topological polar surface area (TPSA) is 47.6 Å². The molecule has 0 aromatic heterocycles. The van der Waals surface area contributed by atoms with Gasteiger partial charge >= 0.3 is 5.97 Å². The van der Waals surface area contributed by atoms with Crippen LogP contribution in [0.2, 0.25) is 0 Å². The van der Waals surface area contributed by atoms with Crippen LogP contribution in [0.1, 0.15) is 46.5 Å². The van der Waals surface area contributed by atoms with Gasteiger partial charge in [-0.2, -0.15) is 0 Å². The average molecular weight is 243 g/mol. The van der Waals surface area contributed by atoms with Gasteiger partial charge in [0.05, 0.1) is 12.7 Å². The van der Waals surface area contributed by atoms with Crippen LogP contribution in [0.3, 0.4) is 0 Å². The SMILES string of the molecule is CCOC(=O)C1(NC(C)C)CCCCC1OC. The monoisotopic (exact) mass is 243 g/mol. The molecule has 4 heteroatoms. The molecular formula is C13H25NO3. The molecule has 0 heterocycles. The summed E-state index contributed by atoms with van der Waals surface area (Å²) in [6, 6.07) is 0.232. The molecule has 4 nitrogen and oxygen atoms in total. The van der Waals surface area contributed by atoms with Gasteiger partial charge in [-0.15, -0.1) is 0 Å². The normalized spacial score (nSPS) is 29.4. The predicted octanol–water partition coefficient (Wildman–Crippen LogP) is 1.88. The van der Waals surface area contributed by atoms with Crippen molar-refractivity contribution < 1.29 is 14.3 Å². The molecule has 0 aromatic carbocycles. The minimum absolute atomic E-state index is 0.0855. The van der Waals surface area contributed by atoms with E-state index in [4.69, 9.17) is 9.47 Å². The Morgan fingerprint density at radius 2 is 2.18 bits per heavy atom. The molecule has 1 aliphatic rings. The Kier molecular flexibility index (Phi) is 5.40. The maximum atomic E-state index is 12.3. The van der Waals surface area contributed by atoms with E-state index in [-0.39, 0.29) is 18.1 Å². The summed E-state index contributed by atoms with van der Waals surface area (Å²) in [6.45, 7) is 6.34. The van der Waals surface area contributed by atoms with Gasteiger partial charge in [0.25, 0.3) is 0 Å². The lowest BCUT2D eigenvalue weighted by atomic mass is 9.78. The lowest BCUT2D eigenvalue weighted by molar-refractivity contribution is -0.161. The van der Waals surface area contributed by atoms with Gasteiger partial charge in [-0.25, -0.2) is 4.79 Å². The molecule has 1 aliphatic carbocycles. The first kappa shape index (κ1) is 14.5. The summed E-state index contributed by atoms with van der Waals surface area (Å²) in [5, 5.41) is 3.38. The summed E-state index contributed by atoms with van der Waals surface area (Å²) in [6.07, 6.45) is 3.77. The van der Waals surface area contributed by atoms with E-state index in [2.05, 4.69) is 5.32 Å². The molecule has 17 heavy (non-hydrogen) atoms. The molecule has 1 saturated carbocycles. The van der Waals surface area contributed by atoms with Crippen molar-refractivity contribution in [2.75, 3.05) is 13.7 Å². The second-order valence-corrected chi connectivity index (χ2v) is 4.96. The van der Waals surface area contributed by atoms with Crippen molar-refractivity contribution in [2.24, 2.45) is 0 Å². The molecule has 0 radical (unpaired) electrons. The zero-order chi connectivity index (χ0) is 12.9. The summed E-state index contributed by atoms with van der Waals surface area (Å²) in [7, 11) is 1.67. The molecule has 0 spiro atoms. The number of nitrogens with one attached hydrogen (secondary N) is 1. The average Bonchev–Trinajstić information content (AvgIpc) is 2.29. The minimum atomic E-state index is -0.656. The molecule has 2 unspecified atom stereocenters. The number of methoxy groups -OCH3 is 1. The predicted molar refractivity (Wildman–Crippen MR) is 66.9 cm³/mol. The third-order valence-corrected chi connectivity index (χ3v) is 3.31. The number of ether oxygens (including phenoxy) is 2. The quantitative estimate of drug-likeness (QED) is 0.749. The van der Waals surface area contributed by atoms with Gasteiger partial charge in [-0.05, 0) is 33.6 Å². The van der Waals surface area contributed by atoms with Gasteiger partial charge in [-0.1, -0.05) is 12.8 Å². The highest BCUT2D eigenvalue weighted by Gasteiger charge is 2.48. The molecule has 2 atom stereocenters. The smallest absolute Gasteiger partial charge is 0.329 e. The van der Waals surface area contributed by atoms with Gasteiger partial charge in [0, 0.05) is 13.2 Å². The van der Waals surface area contributed by atoms with E-state index in [9.17, 15) is 4.79 Å². The molecule has 0 bridgehead atoms. The van der Waals surface area contributed by atoms with Crippen LogP contribution in [0.25, 0.3) is 0 Å². The number of carbonyl (C=O) groups is 1. The number of esters is 1. The zero-order valence-corrected chi connectivity index (χ0v) is 11.4. The fourth-order valence-electron chi connectivity index (χ4n) is 2.69. The van der Waals surface area contributed by atoms with Gasteiger partial charge in [0.15, 0.2) is 0 Å². The lowest BCUT2D eigenvalue weighted by Gasteiger charge is -2.42. The minimum Gasteiger partial charge on any atom is -0.465 e. The summed E-state index contributed by atoms with van der Waals surface area (Å²) in [5.41, 5.74) is -0.656. The van der Waals surface area contributed by atoms with Crippen LogP contribution in [0.5, 0.6) is 0 Å². The van der Waals surface area contributed by atoms with Crippen molar-refractivity contribution in [1.29, 1.82) is 0 Å². The van der Waals surface area contributed by atoms with Crippen LogP contribution in [-0.4, -0.2) is 37.4 Å². The van der Waals surface area contributed by atoms with Crippen LogP contribution < -0.4 is 5.32 Å². The molecule has 0 aliphatic heterocycles. The largest absolute Gasteiger partial charge is 0.465 e. The fourth-order valence-corrected chi connectivity index (χ4v) is 2.69. The molecule has 100 valence electrons. The summed E-state index contributed by atoms with van der Waals surface area (Å²) in [5.74, 6) is -0.166. The Morgan fingerprint density at radius 1 is 1.47 bits per heavy atom. The van der Waals surface area contributed by atoms with Crippen LogP contribution in [0.15, 0.2) is 0 Å². The molecule has 0 saturated heterocycles. The maximum Gasteiger partial charge on any atom is 0.329 e. The highest BCUT2D eigenvalue weighted by molar-refractivity contribution is 5.82. The first-order valence-electron chi connectivity index (χ1n) is 6.54. The Bertz CT molecular complexity index is 255. The number of hydrogen-bond donors (Lipinski definition) is 1. The second-order valence-electron chi connectivity index (χ2n) is 4.96. The van der Waals surface area contributed by atoms with Crippen molar-refractivity contribution in [1.82, 2.24) is 5.32 Å². The number of hydrogen-bond acceptors (Lipinski definition) is 4. The summed E-state index contributed by atoms with van der Waals surface area (Å²) in [4.78, 5) is 12.3. The highest BCUT2D eigenvalue weighted by atomic mass is 16.5. The van der Waals surface area contributed by atoms with Gasteiger partial charge in [0.2, 0.25) is 0 Å². The lowest BCUT2D eigenvalue weighted by Crippen LogP contribution is -2.64. The third kappa shape index (κ3) is 3.19. The van der Waals surface area contributed by atoms with Crippen LogP contribution >= 0.6 is 0 Å². The van der Waals surface area contributed by atoms with Crippen molar-refractivity contribution in [2.45, 2.75) is 64.1 Å². The number of rotatable bonds is 5. The second kappa shape index (κ2) is 6.36. The Hall–Kier alpha value is -0.610. The van der Waals surface area contributed by atoms with Crippen LogP contribution in [-0.2, 0) is 14.3 Å². The first-order valence-corrected chi connectivity index (χ1v) is 6.54. The first-order chi connectivity index (χ1) is 8.06. The summed E-state index contributed by atoms with van der Waals surface area (Å²) >= 11 is 0. The molecule has 1 fully saturated rings. The van der Waals surface area contributed by atoms with Crippen molar-refractivity contribution in [3.63, 3.8) is 0 Å². The van der Waals surface area contributed by atoms with Gasteiger partial charge in [-0.3, -0.25) is 5.32 Å². The Labute approximate surface area is 104 Å². The Morgan fingerprint density at radius 3 is 2.71 bits per heavy atom. The van der Waals surface area contributed by atoms with E-state index in [1.807, 2.05) is 20.8 Å². The fraction of sp³-hybridized carbons (Fsp3) is 0.923. The van der Waals surface area contributed by atoms with Crippen LogP contribution in [0.4, 0.5) is 0 Å². The van der Waals surface area contributed by atoms with Crippen molar-refractivity contribution in [3.8, 4) is 0 Å². The molecule has 1 rings (SSSR count). The van der Waals surface area contributed by atoms with E-state index >= 15 is 0 Å². The standard InChI is InChI=1S/C13H25NO3/c1-5-17-12(15)13(14-10(2)3)9-7-6-8-11(13)16-4/h10-11,14H,5-9H2,1-4H3. The third-order valence-electron chi connectivity index (χ3n) is 3.31. The van der Waals surface area contributed by atoms with Gasteiger partial charge in [0.1, 0.15) is 5.54 Å². The number of carbonyl (C=O) groups excluding carboxylic acids is 1. The van der Waals surface area contributed by atoms with Crippen molar-refractivity contribution >= 4 is 5.97 Å². The maximum absolute atomic E-state index is 12.3. The van der Waals surface area contributed by atoms with Gasteiger partial charge < -0.3 is 9.47 Å². The van der Waals surface area contributed by atoms with E-state index in [1.165, 1.54) is 0 Å². The summed E-state index contributed by atoms with van der Waals surface area (Å²) < 4.78 is 10.7. The molecule has 0 amide bonds. The van der Waals surface area contributed by atoms with E-state index in [0.717, 1.165) is 25.7 Å². The van der Waals surface area contributed by atoms with Crippen LogP contribution in [0, 0.1) is 0 Å². The Balaban J connectivity index is 2.92. The molecule has 1 N–H and O–H groups in total. The highest BCUT2D eigenvalue weighted by Crippen LogP contribution is 2.32. The van der Waals surface area contributed by atoms with Crippen molar-refractivity contribution in [3.05, 3.63) is 0 Å².